The van der Waals surface area contributed by atoms with Crippen LogP contribution in [0.5, 0.6) is 0 Å². The second-order valence-corrected chi connectivity index (χ2v) is 3.25. The molecule has 0 aliphatic carbocycles. The number of carboxylic acids is 1. The van der Waals surface area contributed by atoms with Crippen LogP contribution in [0.4, 0.5) is 4.79 Å². The molecule has 92 valence electrons. The van der Waals surface area contributed by atoms with Crippen LogP contribution in [0.2, 0.25) is 0 Å². The number of urea groups is 1. The Hall–Kier alpha value is -1.79. The number of hydrogen-bond acceptors (Lipinski definition) is 3. The first-order valence-corrected chi connectivity index (χ1v) is 4.88. The highest BCUT2D eigenvalue weighted by Gasteiger charge is 2.09. The molecule has 0 fully saturated rings. The molecule has 0 saturated carbocycles. The maximum Gasteiger partial charge on any atom is 0.317 e. The van der Waals surface area contributed by atoms with Gasteiger partial charge in [0.25, 0.3) is 0 Å². The van der Waals surface area contributed by atoms with Crippen molar-refractivity contribution in [1.82, 2.24) is 15.5 Å². The average molecular weight is 231 g/mol. The summed E-state index contributed by atoms with van der Waals surface area (Å²) in [4.78, 5) is 33.7. The van der Waals surface area contributed by atoms with Gasteiger partial charge >= 0.3 is 12.0 Å². The van der Waals surface area contributed by atoms with Gasteiger partial charge in [-0.15, -0.1) is 0 Å². The van der Waals surface area contributed by atoms with Crippen molar-refractivity contribution < 1.29 is 19.5 Å². The zero-order chi connectivity index (χ0) is 12.6. The number of amides is 3. The molecule has 0 unspecified atom stereocenters. The van der Waals surface area contributed by atoms with Crippen LogP contribution in [0, 0.1) is 0 Å². The van der Waals surface area contributed by atoms with Gasteiger partial charge in [-0.2, -0.15) is 0 Å². The summed E-state index contributed by atoms with van der Waals surface area (Å²) in [6.45, 7) is 0.254. The van der Waals surface area contributed by atoms with Crippen molar-refractivity contribution in [1.29, 1.82) is 0 Å². The molecule has 0 aliphatic heterocycles. The molecule has 0 atom stereocenters. The minimum Gasteiger partial charge on any atom is -0.481 e. The van der Waals surface area contributed by atoms with Gasteiger partial charge in [0.1, 0.15) is 0 Å². The van der Waals surface area contributed by atoms with E-state index in [4.69, 9.17) is 5.11 Å². The smallest absolute Gasteiger partial charge is 0.317 e. The number of aliphatic carboxylic acids is 1. The Bertz CT molecular complexity index is 267. The number of nitrogens with one attached hydrogen (secondary N) is 2. The maximum absolute atomic E-state index is 11.3. The van der Waals surface area contributed by atoms with Crippen LogP contribution in [-0.2, 0) is 9.59 Å². The number of carbonyl (C=O) groups excluding carboxylic acids is 2. The SMILES string of the molecule is CNC(=O)CNC(=O)N(C)CCCC(=O)O. The lowest BCUT2D eigenvalue weighted by Crippen LogP contribution is -2.42. The summed E-state index contributed by atoms with van der Waals surface area (Å²) in [5.74, 6) is -1.17. The molecule has 0 bridgehead atoms. The second kappa shape index (κ2) is 7.49. The zero-order valence-corrected chi connectivity index (χ0v) is 9.45. The third kappa shape index (κ3) is 6.63. The van der Waals surface area contributed by atoms with Crippen LogP contribution in [0.25, 0.3) is 0 Å². The molecule has 0 aliphatic rings. The molecule has 3 N–H and O–H groups in total. The lowest BCUT2D eigenvalue weighted by atomic mass is 10.3. The Labute approximate surface area is 93.8 Å². The van der Waals surface area contributed by atoms with Crippen molar-refractivity contribution in [3.05, 3.63) is 0 Å². The zero-order valence-electron chi connectivity index (χ0n) is 9.45. The molecule has 0 rings (SSSR count). The first-order chi connectivity index (χ1) is 7.47. The lowest BCUT2D eigenvalue weighted by molar-refractivity contribution is -0.137. The summed E-state index contributed by atoms with van der Waals surface area (Å²) in [7, 11) is 3.02. The number of carbonyl (C=O) groups is 3. The van der Waals surface area contributed by atoms with E-state index in [0.29, 0.717) is 13.0 Å². The summed E-state index contributed by atoms with van der Waals surface area (Å²) in [5, 5.41) is 13.2. The van der Waals surface area contributed by atoms with Crippen molar-refractivity contribution >= 4 is 17.9 Å². The van der Waals surface area contributed by atoms with Crippen molar-refractivity contribution in [2.45, 2.75) is 12.8 Å². The molecule has 0 heterocycles. The predicted octanol–water partition coefficient (Wildman–Crippen LogP) is -0.761. The van der Waals surface area contributed by atoms with Crippen LogP contribution >= 0.6 is 0 Å². The Morgan fingerprint density at radius 3 is 2.44 bits per heavy atom. The highest BCUT2D eigenvalue weighted by atomic mass is 16.4. The van der Waals surface area contributed by atoms with E-state index in [-0.39, 0.29) is 18.9 Å². The van der Waals surface area contributed by atoms with E-state index in [1.54, 1.807) is 7.05 Å². The van der Waals surface area contributed by atoms with Gasteiger partial charge in [-0.1, -0.05) is 0 Å². The van der Waals surface area contributed by atoms with Gasteiger partial charge in [-0.3, -0.25) is 9.59 Å². The van der Waals surface area contributed by atoms with Crippen LogP contribution in [-0.4, -0.2) is 55.1 Å². The van der Waals surface area contributed by atoms with Gasteiger partial charge in [0.2, 0.25) is 5.91 Å². The van der Waals surface area contributed by atoms with Crippen LogP contribution < -0.4 is 10.6 Å². The topological polar surface area (TPSA) is 98.7 Å². The van der Waals surface area contributed by atoms with E-state index in [1.807, 2.05) is 0 Å². The van der Waals surface area contributed by atoms with Gasteiger partial charge in [0, 0.05) is 27.1 Å². The van der Waals surface area contributed by atoms with Crippen LogP contribution in [0.3, 0.4) is 0 Å². The van der Waals surface area contributed by atoms with Gasteiger partial charge in [0.15, 0.2) is 0 Å². The minimum absolute atomic E-state index is 0.0209. The number of rotatable bonds is 6. The van der Waals surface area contributed by atoms with E-state index in [0.717, 1.165) is 0 Å². The molecule has 7 nitrogen and oxygen atoms in total. The Balaban J connectivity index is 3.73. The second-order valence-electron chi connectivity index (χ2n) is 3.25. The third-order valence-corrected chi connectivity index (χ3v) is 1.91. The van der Waals surface area contributed by atoms with Crippen LogP contribution in [0.15, 0.2) is 0 Å². The number of nitrogens with zero attached hydrogens (tertiary/aromatic N) is 1. The summed E-state index contributed by atoms with van der Waals surface area (Å²) in [6.07, 6.45) is 0.409. The van der Waals surface area contributed by atoms with Gasteiger partial charge in [-0.05, 0) is 6.42 Å². The molecule has 0 radical (unpaired) electrons. The van der Waals surface area contributed by atoms with Gasteiger partial charge in [0.05, 0.1) is 6.54 Å². The van der Waals surface area contributed by atoms with Gasteiger partial charge < -0.3 is 20.6 Å². The van der Waals surface area contributed by atoms with E-state index in [1.165, 1.54) is 11.9 Å². The number of likely N-dealkylation sites (N-methyl/N-ethyl adjacent to an activating group) is 1. The fourth-order valence-corrected chi connectivity index (χ4v) is 0.948. The van der Waals surface area contributed by atoms with E-state index in [2.05, 4.69) is 10.6 Å². The van der Waals surface area contributed by atoms with Crippen molar-refractivity contribution in [2.24, 2.45) is 0 Å². The standard InChI is InChI=1S/C9H17N3O4/c1-10-7(13)6-11-9(16)12(2)5-3-4-8(14)15/h3-6H2,1-2H3,(H,10,13)(H,11,16)(H,14,15). The lowest BCUT2D eigenvalue weighted by Gasteiger charge is -2.16. The monoisotopic (exact) mass is 231 g/mol. The average Bonchev–Trinajstić information content (AvgIpc) is 2.24. The Kier molecular flexibility index (Phi) is 6.66. The maximum atomic E-state index is 11.3. The number of carboxylic acid groups (broad SMARTS) is 1. The molecule has 0 aromatic carbocycles. The highest BCUT2D eigenvalue weighted by Crippen LogP contribution is 1.93. The third-order valence-electron chi connectivity index (χ3n) is 1.91. The van der Waals surface area contributed by atoms with Crippen LogP contribution in [0.1, 0.15) is 12.8 Å². The predicted molar refractivity (Wildman–Crippen MR) is 57.0 cm³/mol. The van der Waals surface area contributed by atoms with Crippen molar-refractivity contribution in [3.8, 4) is 0 Å². The molecule has 0 saturated heterocycles. The molecule has 3 amide bonds. The van der Waals surface area contributed by atoms with Crippen molar-refractivity contribution in [3.63, 3.8) is 0 Å². The van der Waals surface area contributed by atoms with Gasteiger partial charge in [-0.25, -0.2) is 4.79 Å². The normalized spacial score (nSPS) is 9.38. The first-order valence-electron chi connectivity index (χ1n) is 4.88. The summed E-state index contributed by atoms with van der Waals surface area (Å²) < 4.78 is 0. The Morgan fingerprint density at radius 1 is 1.31 bits per heavy atom. The fraction of sp³-hybridized carbons (Fsp3) is 0.667. The summed E-state index contributed by atoms with van der Waals surface area (Å²) >= 11 is 0. The van der Waals surface area contributed by atoms with E-state index in [9.17, 15) is 14.4 Å². The summed E-state index contributed by atoms with van der Waals surface area (Å²) in [6, 6.07) is -0.394. The largest absolute Gasteiger partial charge is 0.481 e. The van der Waals surface area contributed by atoms with E-state index < -0.39 is 12.0 Å². The van der Waals surface area contributed by atoms with Crippen molar-refractivity contribution in [2.75, 3.05) is 27.2 Å². The van der Waals surface area contributed by atoms with E-state index >= 15 is 0 Å². The number of hydrogen-bond donors (Lipinski definition) is 3. The summed E-state index contributed by atoms with van der Waals surface area (Å²) in [5.41, 5.74) is 0. The fourth-order valence-electron chi connectivity index (χ4n) is 0.948. The molecule has 7 heteroatoms. The minimum atomic E-state index is -0.890. The quantitative estimate of drug-likeness (QED) is 0.559. The molecule has 0 aromatic heterocycles. The molecular weight excluding hydrogens is 214 g/mol. The molecule has 0 spiro atoms. The molecule has 16 heavy (non-hydrogen) atoms. The first kappa shape index (κ1) is 14.2. The molecule has 0 aromatic rings. The highest BCUT2D eigenvalue weighted by molar-refractivity contribution is 5.83. The molecular formula is C9H17N3O4. The Morgan fingerprint density at radius 2 is 1.94 bits per heavy atom.